The fourth-order valence-corrected chi connectivity index (χ4v) is 3.47. The highest BCUT2D eigenvalue weighted by Gasteiger charge is 2.62. The highest BCUT2D eigenvalue weighted by atomic mass is 16.6. The third-order valence-corrected chi connectivity index (χ3v) is 4.84. The largest absolute Gasteiger partial charge is 0.478 e. The van der Waals surface area contributed by atoms with Gasteiger partial charge in [0.15, 0.2) is 11.2 Å². The van der Waals surface area contributed by atoms with Gasteiger partial charge in [-0.1, -0.05) is 23.3 Å². The van der Waals surface area contributed by atoms with E-state index in [-0.39, 0.29) is 0 Å². The number of fused-ring (bicyclic) bond motifs is 5. The van der Waals surface area contributed by atoms with Gasteiger partial charge in [0.05, 0.1) is 0 Å². The summed E-state index contributed by atoms with van der Waals surface area (Å²) in [5.74, 6) is 1.88. The molecule has 0 aliphatic carbocycles. The fraction of sp³-hybridized carbons (Fsp3) is 0.333. The zero-order chi connectivity index (χ0) is 14.1. The van der Waals surface area contributed by atoms with Crippen LogP contribution < -0.4 is 9.47 Å². The van der Waals surface area contributed by atoms with E-state index in [1.807, 2.05) is 0 Å². The molecule has 102 valence electrons. The number of hydrogen-bond acceptors (Lipinski definition) is 2. The zero-order valence-electron chi connectivity index (χ0n) is 12.3. The van der Waals surface area contributed by atoms with Crippen molar-refractivity contribution in [2.75, 3.05) is 0 Å². The molecule has 0 radical (unpaired) electrons. The molecule has 20 heavy (non-hydrogen) atoms. The minimum Gasteiger partial charge on any atom is -0.478 e. The average Bonchev–Trinajstić information content (AvgIpc) is 2.74. The molecule has 2 aromatic rings. The van der Waals surface area contributed by atoms with Crippen molar-refractivity contribution in [3.05, 3.63) is 58.7 Å². The van der Waals surface area contributed by atoms with E-state index < -0.39 is 11.2 Å². The SMILES string of the molecule is Cc1ccc2c(c1)C1(C)Oc3ccc(C)cc3C1(C)O2. The molecule has 2 unspecified atom stereocenters. The molecule has 2 nitrogen and oxygen atoms in total. The molecule has 2 atom stereocenters. The summed E-state index contributed by atoms with van der Waals surface area (Å²) in [6.45, 7) is 8.47. The van der Waals surface area contributed by atoms with Gasteiger partial charge in [0, 0.05) is 11.1 Å². The topological polar surface area (TPSA) is 18.5 Å². The van der Waals surface area contributed by atoms with Crippen LogP contribution in [0.3, 0.4) is 0 Å². The number of hydrogen-bond donors (Lipinski definition) is 0. The predicted molar refractivity (Wildman–Crippen MR) is 78.3 cm³/mol. The molecule has 2 aliphatic rings. The molecule has 0 spiro atoms. The smallest absolute Gasteiger partial charge is 0.178 e. The van der Waals surface area contributed by atoms with Crippen molar-refractivity contribution in [3.63, 3.8) is 0 Å². The summed E-state index contributed by atoms with van der Waals surface area (Å²) < 4.78 is 12.7. The van der Waals surface area contributed by atoms with Crippen molar-refractivity contribution in [3.8, 4) is 11.5 Å². The molecular weight excluding hydrogens is 248 g/mol. The first-order valence-electron chi connectivity index (χ1n) is 7.04. The van der Waals surface area contributed by atoms with Crippen LogP contribution in [0.4, 0.5) is 0 Å². The van der Waals surface area contributed by atoms with E-state index in [2.05, 4.69) is 64.1 Å². The molecule has 0 bridgehead atoms. The lowest BCUT2D eigenvalue weighted by Gasteiger charge is -2.31. The normalized spacial score (nSPS) is 29.2. The van der Waals surface area contributed by atoms with Crippen molar-refractivity contribution in [2.24, 2.45) is 0 Å². The molecule has 0 aromatic heterocycles. The lowest BCUT2D eigenvalue weighted by atomic mass is 9.79. The van der Waals surface area contributed by atoms with Crippen LogP contribution in [0.1, 0.15) is 36.1 Å². The highest BCUT2D eigenvalue weighted by Crippen LogP contribution is 2.61. The first-order chi connectivity index (χ1) is 9.44. The molecule has 2 heterocycles. The minimum atomic E-state index is -0.454. The second-order valence-corrected chi connectivity index (χ2v) is 6.27. The van der Waals surface area contributed by atoms with Crippen molar-refractivity contribution >= 4 is 0 Å². The van der Waals surface area contributed by atoms with E-state index in [9.17, 15) is 0 Å². The first kappa shape index (κ1) is 11.8. The third kappa shape index (κ3) is 1.20. The zero-order valence-corrected chi connectivity index (χ0v) is 12.3. The van der Waals surface area contributed by atoms with Gasteiger partial charge in [-0.3, -0.25) is 0 Å². The Morgan fingerprint density at radius 1 is 0.700 bits per heavy atom. The van der Waals surface area contributed by atoms with Gasteiger partial charge >= 0.3 is 0 Å². The molecular formula is C18H18O2. The van der Waals surface area contributed by atoms with Crippen LogP contribution in [0.2, 0.25) is 0 Å². The standard InChI is InChI=1S/C18H18O2/c1-11-5-7-15-13(9-11)17(3)18(4,19-15)14-10-12(2)6-8-16(14)20-17/h5-10H,1-4H3. The predicted octanol–water partition coefficient (Wildman–Crippen LogP) is 4.22. The van der Waals surface area contributed by atoms with E-state index in [0.29, 0.717) is 0 Å². The van der Waals surface area contributed by atoms with Gasteiger partial charge in [-0.2, -0.15) is 0 Å². The molecule has 0 amide bonds. The van der Waals surface area contributed by atoms with Crippen molar-refractivity contribution in [1.29, 1.82) is 0 Å². The first-order valence-corrected chi connectivity index (χ1v) is 7.04. The van der Waals surface area contributed by atoms with E-state index in [0.717, 1.165) is 22.6 Å². The van der Waals surface area contributed by atoms with E-state index in [1.165, 1.54) is 11.1 Å². The van der Waals surface area contributed by atoms with Crippen molar-refractivity contribution < 1.29 is 9.47 Å². The second kappa shape index (κ2) is 3.38. The Hall–Kier alpha value is -1.96. The van der Waals surface area contributed by atoms with Gasteiger partial charge in [-0.25, -0.2) is 0 Å². The molecule has 2 heteroatoms. The van der Waals surface area contributed by atoms with Crippen molar-refractivity contribution in [1.82, 2.24) is 0 Å². The van der Waals surface area contributed by atoms with Crippen LogP contribution >= 0.6 is 0 Å². The second-order valence-electron chi connectivity index (χ2n) is 6.27. The van der Waals surface area contributed by atoms with Gasteiger partial charge in [-0.15, -0.1) is 0 Å². The van der Waals surface area contributed by atoms with Gasteiger partial charge < -0.3 is 9.47 Å². The molecule has 0 saturated carbocycles. The highest BCUT2D eigenvalue weighted by molar-refractivity contribution is 5.57. The van der Waals surface area contributed by atoms with Gasteiger partial charge in [0.25, 0.3) is 0 Å². The van der Waals surface area contributed by atoms with Crippen LogP contribution in [0.5, 0.6) is 11.5 Å². The Kier molecular flexibility index (Phi) is 2.00. The van der Waals surface area contributed by atoms with Crippen LogP contribution in [0, 0.1) is 13.8 Å². The Morgan fingerprint density at radius 3 is 1.50 bits per heavy atom. The molecule has 2 aromatic carbocycles. The third-order valence-electron chi connectivity index (χ3n) is 4.84. The molecule has 4 rings (SSSR count). The lowest BCUT2D eigenvalue weighted by Crippen LogP contribution is -2.43. The van der Waals surface area contributed by atoms with Crippen LogP contribution in [0.15, 0.2) is 36.4 Å². The van der Waals surface area contributed by atoms with Gasteiger partial charge in [0.1, 0.15) is 11.5 Å². The maximum atomic E-state index is 6.33. The monoisotopic (exact) mass is 266 g/mol. The summed E-state index contributed by atoms with van der Waals surface area (Å²) in [6, 6.07) is 12.6. The quantitative estimate of drug-likeness (QED) is 0.711. The minimum absolute atomic E-state index is 0.454. The number of benzene rings is 2. The Morgan fingerprint density at radius 2 is 1.10 bits per heavy atom. The van der Waals surface area contributed by atoms with Crippen LogP contribution in [0.25, 0.3) is 0 Å². The lowest BCUT2D eigenvalue weighted by molar-refractivity contribution is -0.0471. The average molecular weight is 266 g/mol. The maximum absolute atomic E-state index is 6.33. The summed E-state index contributed by atoms with van der Waals surface area (Å²) >= 11 is 0. The van der Waals surface area contributed by atoms with Gasteiger partial charge in [0.2, 0.25) is 0 Å². The van der Waals surface area contributed by atoms with Crippen LogP contribution in [-0.4, -0.2) is 0 Å². The number of aryl methyl sites for hydroxylation is 2. The Bertz CT molecular complexity index is 671. The maximum Gasteiger partial charge on any atom is 0.178 e. The van der Waals surface area contributed by atoms with Crippen molar-refractivity contribution in [2.45, 2.75) is 38.9 Å². The molecule has 0 saturated heterocycles. The van der Waals surface area contributed by atoms with Crippen LogP contribution in [-0.2, 0) is 11.2 Å². The summed E-state index contributed by atoms with van der Waals surface area (Å²) in [5, 5.41) is 0. The fourth-order valence-electron chi connectivity index (χ4n) is 3.47. The number of ether oxygens (including phenoxy) is 2. The molecule has 2 aliphatic heterocycles. The van der Waals surface area contributed by atoms with E-state index >= 15 is 0 Å². The summed E-state index contributed by atoms with van der Waals surface area (Å²) in [7, 11) is 0. The number of rotatable bonds is 0. The molecule has 0 fully saturated rings. The Balaban J connectivity index is 1.98. The van der Waals surface area contributed by atoms with E-state index in [1.54, 1.807) is 0 Å². The molecule has 0 N–H and O–H groups in total. The summed E-state index contributed by atoms with van der Waals surface area (Å²) in [4.78, 5) is 0. The summed E-state index contributed by atoms with van der Waals surface area (Å²) in [6.07, 6.45) is 0. The summed E-state index contributed by atoms with van der Waals surface area (Å²) in [5.41, 5.74) is 3.85. The van der Waals surface area contributed by atoms with Gasteiger partial charge in [-0.05, 0) is 52.0 Å². The Labute approximate surface area is 119 Å². The van der Waals surface area contributed by atoms with E-state index in [4.69, 9.17) is 9.47 Å².